The van der Waals surface area contributed by atoms with Gasteiger partial charge in [-0.2, -0.15) is 0 Å². The van der Waals surface area contributed by atoms with Crippen molar-refractivity contribution in [3.63, 3.8) is 0 Å². The molecule has 2 rings (SSSR count). The van der Waals surface area contributed by atoms with Crippen LogP contribution in [0.15, 0.2) is 35.4 Å². The van der Waals surface area contributed by atoms with E-state index in [1.165, 1.54) is 18.3 Å². The van der Waals surface area contributed by atoms with Crippen LogP contribution in [0.25, 0.3) is 0 Å². The summed E-state index contributed by atoms with van der Waals surface area (Å²) in [4.78, 5) is 17.7. The Morgan fingerprint density at radius 1 is 1.26 bits per heavy atom. The molecule has 0 atom stereocenters. The molecule has 1 aromatic carbocycles. The van der Waals surface area contributed by atoms with Crippen LogP contribution >= 0.6 is 0 Å². The molecule has 2 aromatic rings. The second-order valence-corrected chi connectivity index (χ2v) is 8.20. The molecule has 2 N–H and O–H groups in total. The van der Waals surface area contributed by atoms with Crippen molar-refractivity contribution in [2.45, 2.75) is 38.5 Å². The summed E-state index contributed by atoms with van der Waals surface area (Å²) in [5.41, 5.74) is 1.64. The SMILES string of the molecule is CCCCN(C)c1ncc(NS(=O)(=O)c2ccc(C)cc2C)cc1C(=O)O. The van der Waals surface area contributed by atoms with Crippen molar-refractivity contribution in [3.8, 4) is 0 Å². The molecule has 0 spiro atoms. The van der Waals surface area contributed by atoms with Gasteiger partial charge in [-0.15, -0.1) is 0 Å². The van der Waals surface area contributed by atoms with Gasteiger partial charge in [0.25, 0.3) is 10.0 Å². The van der Waals surface area contributed by atoms with Gasteiger partial charge in [0, 0.05) is 13.6 Å². The van der Waals surface area contributed by atoms with E-state index in [1.54, 1.807) is 31.0 Å². The molecular formula is C19H25N3O4S. The number of carbonyl (C=O) groups is 1. The number of hydrogen-bond donors (Lipinski definition) is 2. The molecule has 0 saturated heterocycles. The Balaban J connectivity index is 2.36. The lowest BCUT2D eigenvalue weighted by Gasteiger charge is -2.20. The molecule has 0 saturated carbocycles. The summed E-state index contributed by atoms with van der Waals surface area (Å²) in [5.74, 6) is -0.848. The molecule has 0 aliphatic heterocycles. The average molecular weight is 391 g/mol. The van der Waals surface area contributed by atoms with Crippen LogP contribution < -0.4 is 9.62 Å². The third kappa shape index (κ3) is 4.97. The van der Waals surface area contributed by atoms with Gasteiger partial charge in [0.2, 0.25) is 0 Å². The Morgan fingerprint density at radius 2 is 1.96 bits per heavy atom. The first-order valence-electron chi connectivity index (χ1n) is 8.70. The summed E-state index contributed by atoms with van der Waals surface area (Å²) < 4.78 is 27.8. The Labute approximate surface area is 160 Å². The van der Waals surface area contributed by atoms with Crippen LogP contribution in [-0.4, -0.2) is 38.1 Å². The molecule has 1 heterocycles. The second-order valence-electron chi connectivity index (χ2n) is 6.55. The Bertz CT molecular complexity index is 942. The largest absolute Gasteiger partial charge is 0.478 e. The normalized spacial score (nSPS) is 11.3. The molecule has 0 amide bonds. The van der Waals surface area contributed by atoms with Crippen molar-refractivity contribution < 1.29 is 18.3 Å². The number of rotatable bonds is 8. The van der Waals surface area contributed by atoms with Crippen molar-refractivity contribution >= 4 is 27.5 Å². The lowest BCUT2D eigenvalue weighted by molar-refractivity contribution is 0.0697. The number of carboxylic acids is 1. The lowest BCUT2D eigenvalue weighted by Crippen LogP contribution is -2.23. The molecule has 0 fully saturated rings. The first-order chi connectivity index (χ1) is 12.7. The number of nitrogens with one attached hydrogen (secondary N) is 1. The van der Waals surface area contributed by atoms with Crippen LogP contribution in [0.2, 0.25) is 0 Å². The molecule has 0 aliphatic carbocycles. The quantitative estimate of drug-likeness (QED) is 0.715. The highest BCUT2D eigenvalue weighted by Gasteiger charge is 2.20. The highest BCUT2D eigenvalue weighted by atomic mass is 32.2. The van der Waals surface area contributed by atoms with E-state index in [9.17, 15) is 18.3 Å². The fourth-order valence-corrected chi connectivity index (χ4v) is 4.05. The van der Waals surface area contributed by atoms with Gasteiger partial charge in [0.05, 0.1) is 16.8 Å². The van der Waals surface area contributed by atoms with Gasteiger partial charge in [-0.1, -0.05) is 31.0 Å². The number of pyridine rings is 1. The minimum absolute atomic E-state index is 0.0468. The van der Waals surface area contributed by atoms with Crippen LogP contribution in [0.3, 0.4) is 0 Å². The Hall–Kier alpha value is -2.61. The van der Waals surface area contributed by atoms with Crippen LogP contribution in [0.4, 0.5) is 11.5 Å². The van der Waals surface area contributed by atoms with Crippen molar-refractivity contribution in [2.75, 3.05) is 23.2 Å². The molecule has 27 heavy (non-hydrogen) atoms. The molecule has 146 valence electrons. The zero-order valence-corrected chi connectivity index (χ0v) is 16.8. The van der Waals surface area contributed by atoms with Gasteiger partial charge in [0.15, 0.2) is 0 Å². The molecule has 0 aliphatic rings. The van der Waals surface area contributed by atoms with E-state index in [4.69, 9.17) is 0 Å². The van der Waals surface area contributed by atoms with Gasteiger partial charge in [-0.05, 0) is 38.0 Å². The van der Waals surface area contributed by atoms with Gasteiger partial charge < -0.3 is 10.0 Å². The summed E-state index contributed by atoms with van der Waals surface area (Å²) in [6, 6.07) is 6.33. The van der Waals surface area contributed by atoms with Gasteiger partial charge in [-0.25, -0.2) is 18.2 Å². The minimum Gasteiger partial charge on any atom is -0.478 e. The zero-order valence-electron chi connectivity index (χ0n) is 16.0. The van der Waals surface area contributed by atoms with Gasteiger partial charge >= 0.3 is 5.97 Å². The summed E-state index contributed by atoms with van der Waals surface area (Å²) in [5, 5.41) is 9.51. The van der Waals surface area contributed by atoms with Crippen LogP contribution in [0.1, 0.15) is 41.3 Å². The van der Waals surface area contributed by atoms with Crippen LogP contribution in [0, 0.1) is 13.8 Å². The summed E-state index contributed by atoms with van der Waals surface area (Å²) in [7, 11) is -2.08. The number of anilines is 2. The molecule has 0 unspecified atom stereocenters. The summed E-state index contributed by atoms with van der Waals surface area (Å²) in [6.07, 6.45) is 3.21. The van der Waals surface area contributed by atoms with Crippen molar-refractivity contribution in [1.82, 2.24) is 4.98 Å². The number of carboxylic acid groups (broad SMARTS) is 1. The third-order valence-electron chi connectivity index (χ3n) is 4.18. The topological polar surface area (TPSA) is 99.6 Å². The highest BCUT2D eigenvalue weighted by molar-refractivity contribution is 7.92. The maximum Gasteiger partial charge on any atom is 0.339 e. The molecule has 8 heteroatoms. The second kappa shape index (κ2) is 8.39. The number of nitrogens with zero attached hydrogens (tertiary/aromatic N) is 2. The maximum atomic E-state index is 12.7. The number of unbranched alkanes of at least 4 members (excludes halogenated alkanes) is 1. The summed E-state index contributed by atoms with van der Waals surface area (Å²) in [6.45, 7) is 6.31. The fourth-order valence-electron chi connectivity index (χ4n) is 2.79. The van der Waals surface area contributed by atoms with Crippen molar-refractivity contribution in [2.24, 2.45) is 0 Å². The lowest BCUT2D eigenvalue weighted by atomic mass is 10.2. The van der Waals surface area contributed by atoms with Gasteiger partial charge in [-0.3, -0.25) is 4.72 Å². The highest BCUT2D eigenvalue weighted by Crippen LogP contribution is 2.24. The molecule has 0 radical (unpaired) electrons. The van der Waals surface area contributed by atoms with E-state index in [2.05, 4.69) is 9.71 Å². The van der Waals surface area contributed by atoms with Crippen molar-refractivity contribution in [3.05, 3.63) is 47.2 Å². The molecule has 7 nitrogen and oxygen atoms in total. The smallest absolute Gasteiger partial charge is 0.339 e. The monoisotopic (exact) mass is 391 g/mol. The zero-order chi connectivity index (χ0) is 20.2. The average Bonchev–Trinajstić information content (AvgIpc) is 2.58. The first kappa shape index (κ1) is 20.7. The predicted molar refractivity (Wildman–Crippen MR) is 106 cm³/mol. The van der Waals surface area contributed by atoms with Crippen LogP contribution in [-0.2, 0) is 10.0 Å². The van der Waals surface area contributed by atoms with E-state index >= 15 is 0 Å². The van der Waals surface area contributed by atoms with Crippen molar-refractivity contribution in [1.29, 1.82) is 0 Å². The molecule has 0 bridgehead atoms. The number of aromatic carboxylic acids is 1. The van der Waals surface area contributed by atoms with E-state index in [0.717, 1.165) is 18.4 Å². The minimum atomic E-state index is -3.85. The van der Waals surface area contributed by atoms with E-state index < -0.39 is 16.0 Å². The number of hydrogen-bond acceptors (Lipinski definition) is 5. The number of aryl methyl sites for hydroxylation is 2. The van der Waals surface area contributed by atoms with Gasteiger partial charge in [0.1, 0.15) is 11.4 Å². The standard InChI is InChI=1S/C19H25N3O4S/c1-5-6-9-22(4)18-16(19(23)24)11-15(12-20-18)21-27(25,26)17-8-7-13(2)10-14(17)3/h7-8,10-12,21H,5-6,9H2,1-4H3,(H,23,24). The number of aromatic nitrogens is 1. The number of benzene rings is 1. The third-order valence-corrected chi connectivity index (χ3v) is 5.72. The Morgan fingerprint density at radius 3 is 2.56 bits per heavy atom. The predicted octanol–water partition coefficient (Wildman–Crippen LogP) is 3.43. The molecule has 1 aromatic heterocycles. The maximum absolute atomic E-state index is 12.7. The first-order valence-corrected chi connectivity index (χ1v) is 10.2. The number of sulfonamides is 1. The van der Waals surface area contributed by atoms with Crippen LogP contribution in [0.5, 0.6) is 0 Å². The van der Waals surface area contributed by atoms with E-state index in [1.807, 2.05) is 13.8 Å². The van der Waals surface area contributed by atoms with E-state index in [0.29, 0.717) is 17.9 Å². The summed E-state index contributed by atoms with van der Waals surface area (Å²) >= 11 is 0. The fraction of sp³-hybridized carbons (Fsp3) is 0.368. The van der Waals surface area contributed by atoms with E-state index in [-0.39, 0.29) is 16.1 Å². The Kier molecular flexibility index (Phi) is 6.43. The molecular weight excluding hydrogens is 366 g/mol.